The SMILES string of the molecule is O=C(O)CCNC(=O)c1ccc(CC(C(=O)Nc2cccc(-c3ccsc3)c2)c2ccc(C3=CCCCC3)cc2)cc1. The van der Waals surface area contributed by atoms with Crippen LogP contribution in [0.3, 0.4) is 0 Å². The number of allylic oxidation sites excluding steroid dienone is 2. The van der Waals surface area contributed by atoms with Crippen LogP contribution < -0.4 is 10.6 Å². The number of amides is 2. The van der Waals surface area contributed by atoms with Crippen LogP contribution in [0, 0.1) is 0 Å². The molecule has 1 aliphatic carbocycles. The smallest absolute Gasteiger partial charge is 0.305 e. The summed E-state index contributed by atoms with van der Waals surface area (Å²) in [5.74, 6) is -1.83. The number of rotatable bonds is 11. The Bertz CT molecular complexity index is 1560. The minimum Gasteiger partial charge on any atom is -0.481 e. The maximum absolute atomic E-state index is 13.8. The average Bonchev–Trinajstić information content (AvgIpc) is 3.56. The number of thiophene rings is 1. The summed E-state index contributed by atoms with van der Waals surface area (Å²) >= 11 is 1.64. The maximum Gasteiger partial charge on any atom is 0.305 e. The summed E-state index contributed by atoms with van der Waals surface area (Å²) in [4.78, 5) is 36.9. The Labute approximate surface area is 250 Å². The molecule has 214 valence electrons. The molecular formula is C35H34N2O4S. The lowest BCUT2D eigenvalue weighted by atomic mass is 9.88. The Morgan fingerprint density at radius 1 is 0.881 bits per heavy atom. The van der Waals surface area contributed by atoms with Gasteiger partial charge < -0.3 is 15.7 Å². The molecule has 4 aromatic rings. The van der Waals surface area contributed by atoms with Gasteiger partial charge in [0.05, 0.1) is 12.3 Å². The van der Waals surface area contributed by atoms with Crippen LogP contribution in [0.25, 0.3) is 16.7 Å². The summed E-state index contributed by atoms with van der Waals surface area (Å²) in [7, 11) is 0. The van der Waals surface area contributed by atoms with Gasteiger partial charge in [0.25, 0.3) is 5.91 Å². The molecule has 5 rings (SSSR count). The Hall–Kier alpha value is -4.49. The van der Waals surface area contributed by atoms with E-state index in [1.54, 1.807) is 23.5 Å². The fraction of sp³-hybridized carbons (Fsp3) is 0.229. The molecule has 1 atom stereocenters. The van der Waals surface area contributed by atoms with Gasteiger partial charge in [0.15, 0.2) is 0 Å². The quantitative estimate of drug-likeness (QED) is 0.171. The van der Waals surface area contributed by atoms with Crippen LogP contribution in [0.4, 0.5) is 5.69 Å². The Morgan fingerprint density at radius 3 is 2.38 bits per heavy atom. The average molecular weight is 579 g/mol. The number of carbonyl (C=O) groups is 3. The van der Waals surface area contributed by atoms with E-state index >= 15 is 0 Å². The van der Waals surface area contributed by atoms with Crippen molar-refractivity contribution >= 4 is 40.4 Å². The molecule has 1 unspecified atom stereocenters. The molecule has 1 heterocycles. The minimum atomic E-state index is -0.961. The molecule has 0 fully saturated rings. The highest BCUT2D eigenvalue weighted by molar-refractivity contribution is 7.08. The van der Waals surface area contributed by atoms with Crippen molar-refractivity contribution in [2.24, 2.45) is 0 Å². The van der Waals surface area contributed by atoms with Gasteiger partial charge in [0.2, 0.25) is 5.91 Å². The van der Waals surface area contributed by atoms with Gasteiger partial charge in [-0.05, 0) is 107 Å². The third-order valence-electron chi connectivity index (χ3n) is 7.56. The number of hydrogen-bond donors (Lipinski definition) is 3. The second kappa shape index (κ2) is 13.9. The highest BCUT2D eigenvalue weighted by Crippen LogP contribution is 2.30. The van der Waals surface area contributed by atoms with Crippen LogP contribution in [0.1, 0.15) is 65.1 Å². The molecule has 0 spiro atoms. The van der Waals surface area contributed by atoms with Crippen LogP contribution in [0.15, 0.2) is 95.7 Å². The van der Waals surface area contributed by atoms with Crippen molar-refractivity contribution in [2.75, 3.05) is 11.9 Å². The van der Waals surface area contributed by atoms with Crippen molar-refractivity contribution in [3.8, 4) is 11.1 Å². The van der Waals surface area contributed by atoms with E-state index in [0.717, 1.165) is 40.8 Å². The number of benzene rings is 3. The topological polar surface area (TPSA) is 95.5 Å². The fourth-order valence-electron chi connectivity index (χ4n) is 5.24. The Morgan fingerprint density at radius 2 is 1.69 bits per heavy atom. The molecule has 0 radical (unpaired) electrons. The minimum absolute atomic E-state index is 0.0681. The lowest BCUT2D eigenvalue weighted by molar-refractivity contribution is -0.136. The molecule has 6 nitrogen and oxygen atoms in total. The molecule has 1 aromatic heterocycles. The van der Waals surface area contributed by atoms with Crippen molar-refractivity contribution in [1.82, 2.24) is 5.32 Å². The molecular weight excluding hydrogens is 544 g/mol. The first-order valence-electron chi connectivity index (χ1n) is 14.3. The number of carbonyl (C=O) groups excluding carboxylic acids is 2. The number of carboxylic acid groups (broad SMARTS) is 1. The highest BCUT2D eigenvalue weighted by atomic mass is 32.1. The van der Waals surface area contributed by atoms with Crippen LogP contribution in [0.2, 0.25) is 0 Å². The van der Waals surface area contributed by atoms with E-state index in [1.807, 2.05) is 41.8 Å². The number of carboxylic acids is 1. The van der Waals surface area contributed by atoms with Gasteiger partial charge in [-0.15, -0.1) is 0 Å². The van der Waals surface area contributed by atoms with Crippen LogP contribution >= 0.6 is 11.3 Å². The first kappa shape index (κ1) is 29.0. The molecule has 42 heavy (non-hydrogen) atoms. The van der Waals surface area contributed by atoms with Crippen molar-refractivity contribution in [3.05, 3.63) is 118 Å². The predicted molar refractivity (Wildman–Crippen MR) is 169 cm³/mol. The number of hydrogen-bond acceptors (Lipinski definition) is 4. The van der Waals surface area contributed by atoms with Crippen LogP contribution in [0.5, 0.6) is 0 Å². The molecule has 7 heteroatoms. The van der Waals surface area contributed by atoms with E-state index in [-0.39, 0.29) is 24.8 Å². The third-order valence-corrected chi connectivity index (χ3v) is 8.24. The van der Waals surface area contributed by atoms with Gasteiger partial charge in [0.1, 0.15) is 0 Å². The van der Waals surface area contributed by atoms with Crippen molar-refractivity contribution < 1.29 is 19.5 Å². The van der Waals surface area contributed by atoms with Gasteiger partial charge in [-0.2, -0.15) is 11.3 Å². The lowest BCUT2D eigenvalue weighted by Crippen LogP contribution is -2.26. The monoisotopic (exact) mass is 578 g/mol. The molecule has 0 bridgehead atoms. The molecule has 3 aromatic carbocycles. The molecule has 0 saturated carbocycles. The summed E-state index contributed by atoms with van der Waals surface area (Å²) in [5, 5.41) is 18.7. The fourth-order valence-corrected chi connectivity index (χ4v) is 5.90. The van der Waals surface area contributed by atoms with Gasteiger partial charge >= 0.3 is 5.97 Å². The normalized spacial score (nSPS) is 13.6. The summed E-state index contributed by atoms with van der Waals surface area (Å²) in [6.07, 6.45) is 7.28. The zero-order valence-electron chi connectivity index (χ0n) is 23.3. The first-order chi connectivity index (χ1) is 20.5. The van der Waals surface area contributed by atoms with Gasteiger partial charge in [-0.25, -0.2) is 0 Å². The second-order valence-corrected chi connectivity index (χ2v) is 11.3. The van der Waals surface area contributed by atoms with E-state index in [2.05, 4.69) is 52.4 Å². The van der Waals surface area contributed by atoms with Crippen molar-refractivity contribution in [1.29, 1.82) is 0 Å². The number of aliphatic carboxylic acids is 1. The standard InChI is InChI=1S/C35H34N2O4S/c38-33(39)17-19-36-34(40)28-11-9-24(10-12-28)21-32(27-15-13-26(14-16-27)25-5-2-1-3-6-25)35(41)37-31-8-4-7-29(22-31)30-18-20-42-23-30/h4-5,7-16,18,20,22-23,32H,1-3,6,17,19,21H2,(H,36,40)(H,37,41)(H,38,39). The second-order valence-electron chi connectivity index (χ2n) is 10.5. The summed E-state index contributed by atoms with van der Waals surface area (Å²) in [5.41, 5.74) is 7.78. The van der Waals surface area contributed by atoms with Crippen LogP contribution in [-0.2, 0) is 16.0 Å². The zero-order chi connectivity index (χ0) is 29.3. The maximum atomic E-state index is 13.8. The molecule has 2 amide bonds. The van der Waals surface area contributed by atoms with E-state index in [4.69, 9.17) is 5.11 Å². The van der Waals surface area contributed by atoms with Gasteiger partial charge in [0, 0.05) is 17.8 Å². The molecule has 3 N–H and O–H groups in total. The summed E-state index contributed by atoms with van der Waals surface area (Å²) in [6.45, 7) is 0.0681. The van der Waals surface area contributed by atoms with Gasteiger partial charge in [-0.3, -0.25) is 14.4 Å². The largest absolute Gasteiger partial charge is 0.481 e. The van der Waals surface area contributed by atoms with E-state index < -0.39 is 11.9 Å². The van der Waals surface area contributed by atoms with E-state index in [9.17, 15) is 14.4 Å². The van der Waals surface area contributed by atoms with E-state index in [1.165, 1.54) is 24.0 Å². The predicted octanol–water partition coefficient (Wildman–Crippen LogP) is 7.54. The molecule has 0 aliphatic heterocycles. The Balaban J connectivity index is 1.36. The van der Waals surface area contributed by atoms with Crippen LogP contribution in [-0.4, -0.2) is 29.4 Å². The Kier molecular flexibility index (Phi) is 9.62. The van der Waals surface area contributed by atoms with Crippen molar-refractivity contribution in [3.63, 3.8) is 0 Å². The number of nitrogens with one attached hydrogen (secondary N) is 2. The van der Waals surface area contributed by atoms with E-state index in [0.29, 0.717) is 12.0 Å². The van der Waals surface area contributed by atoms with Crippen molar-refractivity contribution in [2.45, 2.75) is 44.4 Å². The molecule has 0 saturated heterocycles. The summed E-state index contributed by atoms with van der Waals surface area (Å²) < 4.78 is 0. The number of anilines is 1. The van der Waals surface area contributed by atoms with Gasteiger partial charge in [-0.1, -0.05) is 54.6 Å². The highest BCUT2D eigenvalue weighted by Gasteiger charge is 2.22. The zero-order valence-corrected chi connectivity index (χ0v) is 24.2. The lowest BCUT2D eigenvalue weighted by Gasteiger charge is -2.19. The molecule has 1 aliphatic rings. The first-order valence-corrected chi connectivity index (χ1v) is 15.2. The summed E-state index contributed by atoms with van der Waals surface area (Å²) in [6, 6.07) is 25.4. The third kappa shape index (κ3) is 7.62.